The second-order valence-electron chi connectivity index (χ2n) is 5.56. The highest BCUT2D eigenvalue weighted by atomic mass is 35.5. The van der Waals surface area contributed by atoms with E-state index in [4.69, 9.17) is 16.3 Å². The predicted molar refractivity (Wildman–Crippen MR) is 90.1 cm³/mol. The Kier molecular flexibility index (Phi) is 5.71. The van der Waals surface area contributed by atoms with Crippen molar-refractivity contribution in [1.82, 2.24) is 5.32 Å². The number of rotatable bonds is 6. The maximum atomic E-state index is 12.5. The Balaban J connectivity index is 2.15. The molecule has 0 saturated carbocycles. The van der Waals surface area contributed by atoms with Crippen LogP contribution in [0.3, 0.4) is 0 Å². The molecule has 1 aliphatic rings. The van der Waals surface area contributed by atoms with Gasteiger partial charge >= 0.3 is 0 Å². The molecule has 1 aliphatic heterocycles. The van der Waals surface area contributed by atoms with Crippen molar-refractivity contribution in [3.63, 3.8) is 0 Å². The first-order valence-corrected chi connectivity index (χ1v) is 9.54. The van der Waals surface area contributed by atoms with Gasteiger partial charge in [0.15, 0.2) is 16.4 Å². The number of halogens is 1. The van der Waals surface area contributed by atoms with Crippen LogP contribution in [0.4, 0.5) is 5.69 Å². The minimum atomic E-state index is -3.76. The summed E-state index contributed by atoms with van der Waals surface area (Å²) in [6.45, 7) is 3.58. The number of carbonyl (C=O) groups excluding carboxylic acids is 2. The van der Waals surface area contributed by atoms with Crippen molar-refractivity contribution in [2.45, 2.75) is 37.6 Å². The Morgan fingerprint density at radius 3 is 2.83 bits per heavy atom. The number of ether oxygens (including phenoxy) is 1. The summed E-state index contributed by atoms with van der Waals surface area (Å²) in [6, 6.07) is 2.60. The van der Waals surface area contributed by atoms with Gasteiger partial charge in [-0.1, -0.05) is 18.5 Å². The van der Waals surface area contributed by atoms with E-state index in [1.807, 2.05) is 13.8 Å². The molecule has 9 heteroatoms. The molecule has 0 aliphatic carbocycles. The number of fused-ring (bicyclic) bond motifs is 1. The van der Waals surface area contributed by atoms with Gasteiger partial charge in [0, 0.05) is 18.5 Å². The molecule has 0 spiro atoms. The third-order valence-corrected chi connectivity index (χ3v) is 5.79. The lowest BCUT2D eigenvalue weighted by Crippen LogP contribution is -2.33. The molecule has 2 amide bonds. The highest BCUT2D eigenvalue weighted by Crippen LogP contribution is 2.36. The number of anilines is 1. The zero-order chi connectivity index (χ0) is 17.9. The fraction of sp³-hybridized carbons (Fsp3) is 0.467. The number of hydrogen-bond donors (Lipinski definition) is 2. The molecule has 0 saturated heterocycles. The molecule has 1 aromatic carbocycles. The van der Waals surface area contributed by atoms with E-state index in [0.717, 1.165) is 6.42 Å². The predicted octanol–water partition coefficient (Wildman–Crippen LogP) is 1.75. The number of sulfone groups is 1. The first-order chi connectivity index (χ1) is 11.2. The first-order valence-electron chi connectivity index (χ1n) is 7.51. The van der Waals surface area contributed by atoms with Crippen LogP contribution in [-0.4, -0.2) is 38.6 Å². The topological polar surface area (TPSA) is 102 Å². The Morgan fingerprint density at radius 2 is 2.17 bits per heavy atom. The largest absolute Gasteiger partial charge is 0.482 e. The van der Waals surface area contributed by atoms with Crippen molar-refractivity contribution in [2.24, 2.45) is 0 Å². The summed E-state index contributed by atoms with van der Waals surface area (Å²) in [5.41, 5.74) is 0.324. The third kappa shape index (κ3) is 4.39. The summed E-state index contributed by atoms with van der Waals surface area (Å²) in [5.74, 6) is -0.789. The van der Waals surface area contributed by atoms with Crippen molar-refractivity contribution in [3.8, 4) is 5.75 Å². The quantitative estimate of drug-likeness (QED) is 0.789. The van der Waals surface area contributed by atoms with Crippen LogP contribution in [0, 0.1) is 0 Å². The van der Waals surface area contributed by atoms with Gasteiger partial charge in [0.1, 0.15) is 5.75 Å². The molecule has 1 atom stereocenters. The highest BCUT2D eigenvalue weighted by molar-refractivity contribution is 7.91. The van der Waals surface area contributed by atoms with E-state index in [2.05, 4.69) is 10.6 Å². The third-order valence-electron chi connectivity index (χ3n) is 3.62. The van der Waals surface area contributed by atoms with Crippen LogP contribution >= 0.6 is 11.6 Å². The van der Waals surface area contributed by atoms with E-state index in [1.165, 1.54) is 12.1 Å². The van der Waals surface area contributed by atoms with E-state index >= 15 is 0 Å². The maximum Gasteiger partial charge on any atom is 0.262 e. The van der Waals surface area contributed by atoms with Gasteiger partial charge in [-0.25, -0.2) is 8.42 Å². The lowest BCUT2D eigenvalue weighted by molar-refractivity contribution is -0.121. The SMILES string of the molecule is CC[C@@H](C)NC(=O)CCS(=O)(=O)c1cc2c(cc1Cl)NC(=O)CO2. The molecule has 1 heterocycles. The minimum Gasteiger partial charge on any atom is -0.482 e. The van der Waals surface area contributed by atoms with Gasteiger partial charge < -0.3 is 15.4 Å². The fourth-order valence-electron chi connectivity index (χ4n) is 2.11. The van der Waals surface area contributed by atoms with Gasteiger partial charge in [0.05, 0.1) is 21.4 Å². The molecule has 0 radical (unpaired) electrons. The van der Waals surface area contributed by atoms with E-state index in [0.29, 0.717) is 5.69 Å². The lowest BCUT2D eigenvalue weighted by Gasteiger charge is -2.19. The summed E-state index contributed by atoms with van der Waals surface area (Å²) in [4.78, 5) is 22.9. The number of benzene rings is 1. The van der Waals surface area contributed by atoms with E-state index in [1.54, 1.807) is 0 Å². The average Bonchev–Trinajstić information content (AvgIpc) is 2.52. The number of nitrogens with one attached hydrogen (secondary N) is 2. The van der Waals surface area contributed by atoms with Crippen molar-refractivity contribution < 1.29 is 22.7 Å². The van der Waals surface area contributed by atoms with Crippen LogP contribution in [0.5, 0.6) is 5.75 Å². The standard InChI is InChI=1S/C15H19ClN2O5S/c1-3-9(2)17-14(19)4-5-24(21,22)13-7-12-11(6-10(13)16)18-15(20)8-23-12/h6-7,9H,3-5,8H2,1-2H3,(H,17,19)(H,18,20)/t9-/m1/s1. The monoisotopic (exact) mass is 374 g/mol. The summed E-state index contributed by atoms with van der Waals surface area (Å²) in [7, 11) is -3.76. The molecule has 1 aromatic rings. The molecule has 2 N–H and O–H groups in total. The Bertz CT molecular complexity index is 763. The van der Waals surface area contributed by atoms with Gasteiger partial charge in [-0.15, -0.1) is 0 Å². The number of amides is 2. The zero-order valence-corrected chi connectivity index (χ0v) is 15.0. The van der Waals surface area contributed by atoms with Crippen LogP contribution in [0.2, 0.25) is 5.02 Å². The number of hydrogen-bond acceptors (Lipinski definition) is 5. The summed E-state index contributed by atoms with van der Waals surface area (Å²) < 4.78 is 30.1. The molecular weight excluding hydrogens is 356 g/mol. The van der Waals surface area contributed by atoms with E-state index in [9.17, 15) is 18.0 Å². The minimum absolute atomic E-state index is 0.00968. The van der Waals surface area contributed by atoms with Crippen LogP contribution in [-0.2, 0) is 19.4 Å². The molecule has 0 fully saturated rings. The number of carbonyl (C=O) groups is 2. The average molecular weight is 375 g/mol. The van der Waals surface area contributed by atoms with E-state index < -0.39 is 9.84 Å². The van der Waals surface area contributed by atoms with Gasteiger partial charge in [0.25, 0.3) is 5.91 Å². The Hall–Kier alpha value is -1.80. The van der Waals surface area contributed by atoms with Gasteiger partial charge in [-0.05, 0) is 19.4 Å². The highest BCUT2D eigenvalue weighted by Gasteiger charge is 2.25. The van der Waals surface area contributed by atoms with Crippen molar-refractivity contribution in [1.29, 1.82) is 0 Å². The van der Waals surface area contributed by atoms with Crippen LogP contribution < -0.4 is 15.4 Å². The van der Waals surface area contributed by atoms with Crippen LogP contribution in [0.15, 0.2) is 17.0 Å². The maximum absolute atomic E-state index is 12.5. The molecule has 7 nitrogen and oxygen atoms in total. The molecule has 0 aromatic heterocycles. The smallest absolute Gasteiger partial charge is 0.262 e. The summed E-state index contributed by atoms with van der Waals surface area (Å²) >= 11 is 6.03. The van der Waals surface area contributed by atoms with Crippen molar-refractivity contribution >= 4 is 38.9 Å². The molecular formula is C15H19ClN2O5S. The Morgan fingerprint density at radius 1 is 1.46 bits per heavy atom. The summed E-state index contributed by atoms with van der Waals surface area (Å²) in [5, 5.41) is 5.24. The van der Waals surface area contributed by atoms with E-state index in [-0.39, 0.29) is 52.3 Å². The van der Waals surface area contributed by atoms with Crippen molar-refractivity contribution in [3.05, 3.63) is 17.2 Å². The molecule has 0 unspecified atom stereocenters. The molecule has 0 bridgehead atoms. The van der Waals surface area contributed by atoms with Crippen molar-refractivity contribution in [2.75, 3.05) is 17.7 Å². The Labute approximate surface area is 145 Å². The first kappa shape index (κ1) is 18.5. The van der Waals surface area contributed by atoms with Gasteiger partial charge in [-0.3, -0.25) is 9.59 Å². The summed E-state index contributed by atoms with van der Waals surface area (Å²) in [6.07, 6.45) is 0.607. The van der Waals surface area contributed by atoms with Crippen LogP contribution in [0.1, 0.15) is 26.7 Å². The molecule has 24 heavy (non-hydrogen) atoms. The lowest BCUT2D eigenvalue weighted by atomic mass is 10.2. The zero-order valence-electron chi connectivity index (χ0n) is 13.4. The van der Waals surface area contributed by atoms with Crippen LogP contribution in [0.25, 0.3) is 0 Å². The molecule has 2 rings (SSSR count). The van der Waals surface area contributed by atoms with Gasteiger partial charge in [-0.2, -0.15) is 0 Å². The van der Waals surface area contributed by atoms with Gasteiger partial charge in [0.2, 0.25) is 5.91 Å². The normalized spacial score (nSPS) is 15.0. The second kappa shape index (κ2) is 7.40. The second-order valence-corrected chi connectivity index (χ2v) is 8.05. The molecule has 132 valence electrons. The fourth-order valence-corrected chi connectivity index (χ4v) is 3.94.